The van der Waals surface area contributed by atoms with Crippen LogP contribution in [0.15, 0.2) is 179 Å². The summed E-state index contributed by atoms with van der Waals surface area (Å²) < 4.78 is 12.7. The van der Waals surface area contributed by atoms with Crippen molar-refractivity contribution in [3.05, 3.63) is 170 Å². The molecule has 0 atom stereocenters. The summed E-state index contributed by atoms with van der Waals surface area (Å²) in [6.07, 6.45) is 0. The molecule has 0 N–H and O–H groups in total. The van der Waals surface area contributed by atoms with Crippen LogP contribution in [-0.2, 0) is 0 Å². The molecule has 0 saturated carbocycles. The van der Waals surface area contributed by atoms with Gasteiger partial charge < -0.3 is 8.83 Å². The van der Waals surface area contributed by atoms with Gasteiger partial charge in [0.15, 0.2) is 0 Å². The fraction of sp³-hybridized carbons (Fsp3) is 0. The summed E-state index contributed by atoms with van der Waals surface area (Å²) in [6.45, 7) is 0. The van der Waals surface area contributed by atoms with Crippen LogP contribution in [0.5, 0.6) is 0 Å². The molecular weight excluding hydrogens is 609 g/mol. The minimum atomic E-state index is 0.886. The Morgan fingerprint density at radius 1 is 0.240 bits per heavy atom. The molecule has 50 heavy (non-hydrogen) atoms. The maximum Gasteiger partial charge on any atom is 0.136 e. The van der Waals surface area contributed by atoms with E-state index in [1.165, 1.54) is 54.9 Å². The van der Waals surface area contributed by atoms with Gasteiger partial charge in [-0.1, -0.05) is 127 Å². The molecule has 0 aliphatic carbocycles. The average molecular weight is 637 g/mol. The molecule has 0 bridgehead atoms. The van der Waals surface area contributed by atoms with E-state index in [1.807, 2.05) is 12.1 Å². The summed E-state index contributed by atoms with van der Waals surface area (Å²) in [5, 5.41) is 11.7. The predicted octanol–water partition coefficient (Wildman–Crippen LogP) is 13.9. The van der Waals surface area contributed by atoms with Gasteiger partial charge in [-0.25, -0.2) is 0 Å². The second-order valence-electron chi connectivity index (χ2n) is 13.2. The van der Waals surface area contributed by atoms with Crippen LogP contribution in [0, 0.1) is 0 Å². The molecule has 0 radical (unpaired) electrons. The highest BCUT2D eigenvalue weighted by Gasteiger charge is 2.18. The van der Waals surface area contributed by atoms with Gasteiger partial charge in [0.1, 0.15) is 22.3 Å². The van der Waals surface area contributed by atoms with E-state index in [0.717, 1.165) is 54.6 Å². The first-order valence-electron chi connectivity index (χ1n) is 17.1. The van der Waals surface area contributed by atoms with Gasteiger partial charge in [-0.3, -0.25) is 0 Å². The van der Waals surface area contributed by atoms with E-state index in [1.54, 1.807) is 0 Å². The number of rotatable bonds is 3. The Bertz CT molecular complexity index is 3070. The van der Waals surface area contributed by atoms with Gasteiger partial charge in [0.25, 0.3) is 0 Å². The van der Waals surface area contributed by atoms with Crippen molar-refractivity contribution in [3.8, 4) is 33.4 Å². The van der Waals surface area contributed by atoms with Crippen LogP contribution in [0.3, 0.4) is 0 Å². The SMILES string of the molecule is c1ccc(-c2ccc(-c3c4ccccc4c(-c4ccc5oc6cc7cc8c(cc7cc6c5c4)oc4ccccc48)c4ccccc34)cc2)cc1. The highest BCUT2D eigenvalue weighted by Crippen LogP contribution is 2.45. The summed E-state index contributed by atoms with van der Waals surface area (Å²) in [4.78, 5) is 0. The molecule has 2 nitrogen and oxygen atoms in total. The summed E-state index contributed by atoms with van der Waals surface area (Å²) in [5.74, 6) is 0. The third-order valence-corrected chi connectivity index (χ3v) is 10.4. The number of para-hydroxylation sites is 1. The van der Waals surface area contributed by atoms with Gasteiger partial charge in [-0.15, -0.1) is 0 Å². The third-order valence-electron chi connectivity index (χ3n) is 10.4. The van der Waals surface area contributed by atoms with Crippen LogP contribution in [-0.4, -0.2) is 0 Å². The van der Waals surface area contributed by atoms with Crippen LogP contribution in [0.1, 0.15) is 0 Å². The minimum Gasteiger partial charge on any atom is -0.456 e. The summed E-state index contributed by atoms with van der Waals surface area (Å²) in [6, 6.07) is 61.0. The zero-order chi connectivity index (χ0) is 32.8. The van der Waals surface area contributed by atoms with Gasteiger partial charge in [0.2, 0.25) is 0 Å². The van der Waals surface area contributed by atoms with Crippen LogP contribution in [0.25, 0.3) is 110 Å². The standard InChI is InChI=1S/C48H28O2/c1-2-10-29(11-3-1)30-18-20-31(21-19-30)47-36-13-4-6-15-38(36)48(39-16-7-5-14-37(39)47)32-22-23-44-41(24-32)42-26-34-27-45-40(25-33(34)28-46(42)50-44)35-12-8-9-17-43(35)49-45/h1-28H. The number of benzene rings is 9. The molecular formula is C48H28O2. The Hall–Kier alpha value is -6.64. The summed E-state index contributed by atoms with van der Waals surface area (Å²) >= 11 is 0. The lowest BCUT2D eigenvalue weighted by Crippen LogP contribution is -1.91. The first kappa shape index (κ1) is 27.3. The highest BCUT2D eigenvalue weighted by atomic mass is 16.3. The van der Waals surface area contributed by atoms with E-state index in [0.29, 0.717) is 0 Å². The van der Waals surface area contributed by atoms with Crippen molar-refractivity contribution < 1.29 is 8.83 Å². The van der Waals surface area contributed by atoms with Crippen LogP contribution >= 0.6 is 0 Å². The molecule has 0 aliphatic rings. The fourth-order valence-corrected chi connectivity index (χ4v) is 8.11. The Balaban J connectivity index is 1.12. The van der Waals surface area contributed by atoms with E-state index in [2.05, 4.69) is 158 Å². The van der Waals surface area contributed by atoms with Gasteiger partial charge >= 0.3 is 0 Å². The fourth-order valence-electron chi connectivity index (χ4n) is 8.11. The molecule has 11 rings (SSSR count). The normalized spacial score (nSPS) is 12.0. The van der Waals surface area contributed by atoms with Crippen molar-refractivity contribution in [2.75, 3.05) is 0 Å². The Morgan fingerprint density at radius 2 is 0.660 bits per heavy atom. The summed E-state index contributed by atoms with van der Waals surface area (Å²) in [5.41, 5.74) is 10.9. The van der Waals surface area contributed by atoms with Crippen molar-refractivity contribution in [3.63, 3.8) is 0 Å². The molecule has 232 valence electrons. The first-order valence-corrected chi connectivity index (χ1v) is 17.1. The Labute approximate surface area is 287 Å². The van der Waals surface area contributed by atoms with E-state index in [-0.39, 0.29) is 0 Å². The molecule has 0 saturated heterocycles. The lowest BCUT2D eigenvalue weighted by Gasteiger charge is -2.18. The number of hydrogen-bond acceptors (Lipinski definition) is 2. The molecule has 9 aromatic carbocycles. The lowest BCUT2D eigenvalue weighted by molar-refractivity contribution is 0.668. The second kappa shape index (κ2) is 10.4. The van der Waals surface area contributed by atoms with Crippen molar-refractivity contribution in [1.82, 2.24) is 0 Å². The van der Waals surface area contributed by atoms with Crippen molar-refractivity contribution in [2.24, 2.45) is 0 Å². The zero-order valence-corrected chi connectivity index (χ0v) is 27.0. The maximum atomic E-state index is 6.50. The third kappa shape index (κ3) is 4.03. The van der Waals surface area contributed by atoms with Gasteiger partial charge in [0, 0.05) is 21.5 Å². The van der Waals surface area contributed by atoms with E-state index in [4.69, 9.17) is 8.83 Å². The average Bonchev–Trinajstić information content (AvgIpc) is 3.72. The number of fused-ring (bicyclic) bond motifs is 9. The van der Waals surface area contributed by atoms with E-state index >= 15 is 0 Å². The van der Waals surface area contributed by atoms with Crippen molar-refractivity contribution in [2.45, 2.75) is 0 Å². The summed E-state index contributed by atoms with van der Waals surface area (Å²) in [7, 11) is 0. The largest absolute Gasteiger partial charge is 0.456 e. The number of furan rings is 2. The molecule has 0 amide bonds. The first-order chi connectivity index (χ1) is 24.8. The quantitative estimate of drug-likeness (QED) is 0.180. The van der Waals surface area contributed by atoms with E-state index < -0.39 is 0 Å². The van der Waals surface area contributed by atoms with Crippen molar-refractivity contribution in [1.29, 1.82) is 0 Å². The molecule has 0 aliphatic heterocycles. The zero-order valence-electron chi connectivity index (χ0n) is 27.0. The number of hydrogen-bond donors (Lipinski definition) is 0. The van der Waals surface area contributed by atoms with Gasteiger partial charge in [-0.2, -0.15) is 0 Å². The van der Waals surface area contributed by atoms with Crippen molar-refractivity contribution >= 4 is 76.2 Å². The second-order valence-corrected chi connectivity index (χ2v) is 13.2. The molecule has 2 heterocycles. The lowest BCUT2D eigenvalue weighted by atomic mass is 9.85. The predicted molar refractivity (Wildman–Crippen MR) is 210 cm³/mol. The highest BCUT2D eigenvalue weighted by molar-refractivity contribution is 6.22. The molecule has 0 fully saturated rings. The monoisotopic (exact) mass is 636 g/mol. The molecule has 2 heteroatoms. The van der Waals surface area contributed by atoms with Crippen LogP contribution < -0.4 is 0 Å². The Morgan fingerprint density at radius 3 is 1.28 bits per heavy atom. The maximum absolute atomic E-state index is 6.50. The molecule has 2 aromatic heterocycles. The Kier molecular flexibility index (Phi) is 5.70. The van der Waals surface area contributed by atoms with E-state index in [9.17, 15) is 0 Å². The molecule has 0 unspecified atom stereocenters. The van der Waals surface area contributed by atoms with Gasteiger partial charge in [-0.05, 0) is 108 Å². The molecule has 0 spiro atoms. The smallest absolute Gasteiger partial charge is 0.136 e. The molecule has 11 aromatic rings. The minimum absolute atomic E-state index is 0.886. The van der Waals surface area contributed by atoms with Gasteiger partial charge in [0.05, 0.1) is 0 Å². The van der Waals surface area contributed by atoms with Crippen LogP contribution in [0.4, 0.5) is 0 Å². The topological polar surface area (TPSA) is 26.3 Å². The van der Waals surface area contributed by atoms with Crippen LogP contribution in [0.2, 0.25) is 0 Å².